The van der Waals surface area contributed by atoms with E-state index in [0.29, 0.717) is 47.6 Å². The summed E-state index contributed by atoms with van der Waals surface area (Å²) in [6.45, 7) is 10.7. The van der Waals surface area contributed by atoms with Crippen molar-refractivity contribution in [3.8, 4) is 11.1 Å². The maximum absolute atomic E-state index is 15.9. The summed E-state index contributed by atoms with van der Waals surface area (Å²) in [4.78, 5) is 95.8. The molecule has 4 aliphatic heterocycles. The number of β-amino-alcohol motifs (C(OH)–C–C–N with tert-alkyl or cyclic N) is 1. The van der Waals surface area contributed by atoms with Crippen molar-refractivity contribution in [2.45, 2.75) is 83.9 Å². The number of alkyl halides is 1. The van der Waals surface area contributed by atoms with E-state index in [1.54, 1.807) is 24.4 Å². The van der Waals surface area contributed by atoms with E-state index in [1.807, 2.05) is 68.8 Å². The Morgan fingerprint density at radius 3 is 2.26 bits per heavy atom. The third-order valence-electron chi connectivity index (χ3n) is 16.4. The van der Waals surface area contributed by atoms with Crippen LogP contribution in [0.3, 0.4) is 0 Å². The van der Waals surface area contributed by atoms with E-state index in [1.165, 1.54) is 16.0 Å². The molecule has 0 saturated carbocycles. The molecule has 4 saturated heterocycles. The minimum atomic E-state index is -4.39. The van der Waals surface area contributed by atoms with Crippen LogP contribution >= 0.6 is 0 Å². The molecule has 9 rings (SSSR count). The number of carboxylic acids is 1. The maximum Gasteiger partial charge on any atom is 0.332 e. The largest absolute Gasteiger partial charge is 0.480 e. The summed E-state index contributed by atoms with van der Waals surface area (Å²) >= 11 is 0. The summed E-state index contributed by atoms with van der Waals surface area (Å²) in [6, 6.07) is 16.5. The minimum absolute atomic E-state index is 0.00267. The number of aliphatic hydroxyl groups excluding tert-OH is 1. The summed E-state index contributed by atoms with van der Waals surface area (Å²) in [5.41, 5.74) is 1.79. The number of carboxylic acid groups (broad SMARTS) is 1. The molecule has 3 amide bonds. The third kappa shape index (κ3) is 15.0. The van der Waals surface area contributed by atoms with E-state index in [4.69, 9.17) is 14.6 Å². The fraction of sp³-hybridized carbons (Fsp3) is 0.483. The number of aromatic amines is 1. The first kappa shape index (κ1) is 63.0. The predicted molar refractivity (Wildman–Crippen MR) is 312 cm³/mol. The Kier molecular flexibility index (Phi) is 19.8. The number of aliphatic carboxylic acids is 1. The van der Waals surface area contributed by atoms with E-state index in [0.717, 1.165) is 78.8 Å². The average Bonchev–Trinajstić information content (AvgIpc) is 1.71. The number of aryl methyl sites for hydroxylation is 1. The first-order chi connectivity index (χ1) is 41.0. The number of carbonyl (C=O) groups excluding carboxylic acids is 5. The summed E-state index contributed by atoms with van der Waals surface area (Å²) in [5, 5.41) is 23.2. The number of likely N-dealkylation sites (tertiary alicyclic amines) is 2. The standard InChI is InChI=1S/C60H73F3N10O12S/c1-37-5-7-40(8-6-37)49(33-85-53(79)35-84-34-52(77)78)73(36-74)51-26-44(75)31-72(51)59(81)57(60(2,3)4)66-50(76)32-68-18-15-38(16-19-68)29-69-21-23-70(24-22-69)43-11-9-39(10-12-43)41-25-45-46(28-65-58(45)64-27-41)56(80)54-47(62)13-14-48(55(54)63)67-86(82,83)71-20-17-42(61)30-71/h5-14,25,27-28,36,38,42,44,49,51,57,67,75H,15-24,26,29-35H2,1-4H3,(H,64,65)(H,66,76)(H,77,78)/t42-,44-,49+,51-,57-/m1/s1. The van der Waals surface area contributed by atoms with Crippen LogP contribution in [0.2, 0.25) is 0 Å². The van der Waals surface area contributed by atoms with E-state index in [2.05, 4.69) is 30.0 Å². The molecule has 3 aromatic carbocycles. The van der Waals surface area contributed by atoms with Crippen molar-refractivity contribution in [2.24, 2.45) is 11.3 Å². The number of benzene rings is 3. The van der Waals surface area contributed by atoms with Crippen molar-refractivity contribution in [1.29, 1.82) is 0 Å². The van der Waals surface area contributed by atoms with Crippen LogP contribution in [0.5, 0.6) is 0 Å². The molecule has 462 valence electrons. The molecule has 0 spiro atoms. The number of anilines is 2. The fourth-order valence-electron chi connectivity index (χ4n) is 11.6. The van der Waals surface area contributed by atoms with E-state index in [9.17, 15) is 46.7 Å². The normalized spacial score (nSPS) is 20.0. The molecule has 6 heterocycles. The highest BCUT2D eigenvalue weighted by molar-refractivity contribution is 7.90. The number of piperidine rings is 1. The lowest BCUT2D eigenvalue weighted by molar-refractivity contribution is -0.157. The number of aromatic nitrogens is 2. The zero-order chi connectivity index (χ0) is 61.6. The number of nitrogens with one attached hydrogen (secondary N) is 3. The van der Waals surface area contributed by atoms with Crippen molar-refractivity contribution in [1.82, 2.24) is 39.2 Å². The van der Waals surface area contributed by atoms with Crippen LogP contribution in [0.15, 0.2) is 79.1 Å². The van der Waals surface area contributed by atoms with Crippen LogP contribution in [-0.2, 0) is 43.7 Å². The Bertz CT molecular complexity index is 3390. The number of rotatable bonds is 23. The van der Waals surface area contributed by atoms with Gasteiger partial charge in [-0.15, -0.1) is 0 Å². The van der Waals surface area contributed by atoms with Crippen LogP contribution in [0.25, 0.3) is 22.2 Å². The third-order valence-corrected chi connectivity index (χ3v) is 17.9. The number of ketones is 1. The number of amides is 3. The van der Waals surface area contributed by atoms with E-state index < -0.39 is 112 Å². The first-order valence-electron chi connectivity index (χ1n) is 28.7. The Labute approximate surface area is 496 Å². The minimum Gasteiger partial charge on any atom is -0.480 e. The molecule has 0 unspecified atom stereocenters. The van der Waals surface area contributed by atoms with Gasteiger partial charge in [-0.05, 0) is 92.1 Å². The number of ether oxygens (including phenoxy) is 2. The SMILES string of the molecule is Cc1ccc([C@H](COC(=O)COCC(=O)O)N(C=O)[C@@H]2C[C@@H](O)CN2C(=O)[C@@H](NC(=O)CN2CCC(CN3CCN(c4ccc(-c5cnc6[nH]cc(C(=O)c7c(F)ccc(NS(=O)(=O)N8CC[C@@H](F)C8)c7F)c6c5)cc4)CC3)CC2)C(C)(C)C)cc1. The van der Waals surface area contributed by atoms with Gasteiger partial charge in [0.2, 0.25) is 24.0 Å². The lowest BCUT2D eigenvalue weighted by Gasteiger charge is -2.41. The number of aliphatic hydroxyl groups is 1. The number of carbonyl (C=O) groups is 6. The molecule has 26 heteroatoms. The molecule has 2 aromatic heterocycles. The number of piperazine rings is 1. The second-order valence-electron chi connectivity index (χ2n) is 23.6. The highest BCUT2D eigenvalue weighted by Crippen LogP contribution is 2.35. The molecule has 22 nitrogen and oxygen atoms in total. The number of fused-ring (bicyclic) bond motifs is 1. The molecule has 5 N–H and O–H groups in total. The Morgan fingerprint density at radius 1 is 0.895 bits per heavy atom. The molecular weight excluding hydrogens is 1140 g/mol. The van der Waals surface area contributed by atoms with Gasteiger partial charge in [0.25, 0.3) is 0 Å². The molecule has 5 atom stereocenters. The molecule has 4 fully saturated rings. The van der Waals surface area contributed by atoms with Gasteiger partial charge in [0.1, 0.15) is 49.7 Å². The monoisotopic (exact) mass is 1210 g/mol. The molecule has 0 bridgehead atoms. The van der Waals surface area contributed by atoms with Crippen molar-refractivity contribution < 1.29 is 70.0 Å². The van der Waals surface area contributed by atoms with Crippen LogP contribution in [-0.4, -0.2) is 205 Å². The van der Waals surface area contributed by atoms with Gasteiger partial charge < -0.3 is 44.7 Å². The second-order valence-corrected chi connectivity index (χ2v) is 25.3. The number of hydrogen-bond donors (Lipinski definition) is 5. The quantitative estimate of drug-likeness (QED) is 0.0332. The lowest BCUT2D eigenvalue weighted by atomic mass is 9.85. The number of esters is 1. The fourth-order valence-corrected chi connectivity index (χ4v) is 12.9. The number of pyridine rings is 1. The van der Waals surface area contributed by atoms with Gasteiger partial charge in [-0.2, -0.15) is 12.7 Å². The molecule has 86 heavy (non-hydrogen) atoms. The van der Waals surface area contributed by atoms with Gasteiger partial charge in [-0.1, -0.05) is 62.7 Å². The number of halogens is 3. The second kappa shape index (κ2) is 27.1. The highest BCUT2D eigenvalue weighted by Gasteiger charge is 2.46. The van der Waals surface area contributed by atoms with E-state index in [-0.39, 0.29) is 50.6 Å². The van der Waals surface area contributed by atoms with Crippen LogP contribution in [0.4, 0.5) is 24.5 Å². The van der Waals surface area contributed by atoms with Crippen molar-refractivity contribution in [3.63, 3.8) is 0 Å². The molecule has 5 aromatic rings. The zero-order valence-corrected chi connectivity index (χ0v) is 49.2. The van der Waals surface area contributed by atoms with Gasteiger partial charge >= 0.3 is 22.1 Å². The van der Waals surface area contributed by atoms with Gasteiger partial charge in [-0.3, -0.25) is 33.7 Å². The zero-order valence-electron chi connectivity index (χ0n) is 48.4. The number of nitrogens with zero attached hydrogens (tertiary/aromatic N) is 7. The number of hydrogen-bond acceptors (Lipinski definition) is 15. The Balaban J connectivity index is 0.753. The summed E-state index contributed by atoms with van der Waals surface area (Å²) in [7, 11) is -4.39. The van der Waals surface area contributed by atoms with Gasteiger partial charge in [0.05, 0.1) is 29.9 Å². The molecule has 0 aliphatic carbocycles. The van der Waals surface area contributed by atoms with Crippen molar-refractivity contribution in [3.05, 3.63) is 113 Å². The first-order valence-corrected chi connectivity index (χ1v) is 30.1. The summed E-state index contributed by atoms with van der Waals surface area (Å²) in [6.07, 6.45) is 1.86. The highest BCUT2D eigenvalue weighted by atomic mass is 32.2. The number of H-pyrrole nitrogens is 1. The van der Waals surface area contributed by atoms with Gasteiger partial charge in [0, 0.05) is 93.4 Å². The molecule has 0 radical (unpaired) electrons. The van der Waals surface area contributed by atoms with Crippen molar-refractivity contribution in [2.75, 3.05) is 101 Å². The maximum atomic E-state index is 15.9. The van der Waals surface area contributed by atoms with Crippen LogP contribution in [0.1, 0.15) is 79.5 Å². The van der Waals surface area contributed by atoms with Gasteiger partial charge in [-0.25, -0.2) is 27.7 Å². The Hall–Kier alpha value is -7.49. The van der Waals surface area contributed by atoms with E-state index >= 15 is 8.78 Å². The van der Waals surface area contributed by atoms with Crippen LogP contribution in [0, 0.1) is 29.9 Å². The summed E-state index contributed by atoms with van der Waals surface area (Å²) in [5.74, 6) is -6.15. The van der Waals surface area contributed by atoms with Gasteiger partial charge in [0.15, 0.2) is 5.82 Å². The predicted octanol–water partition coefficient (Wildman–Crippen LogP) is 4.88. The summed E-state index contributed by atoms with van der Waals surface area (Å²) < 4.78 is 83.8. The van der Waals surface area contributed by atoms with Crippen molar-refractivity contribution >= 4 is 68.6 Å². The smallest absolute Gasteiger partial charge is 0.332 e. The Morgan fingerprint density at radius 2 is 1.60 bits per heavy atom. The molecule has 4 aliphatic rings. The lowest BCUT2D eigenvalue weighted by Crippen LogP contribution is -2.59. The topological polar surface area (TPSA) is 268 Å². The van der Waals surface area contributed by atoms with Crippen LogP contribution < -0.4 is 14.9 Å². The molecular formula is C60H73F3N10O12S. The average molecular weight is 1220 g/mol.